The Morgan fingerprint density at radius 2 is 1.90 bits per heavy atom. The van der Waals surface area contributed by atoms with Crippen LogP contribution in [-0.2, 0) is 11.3 Å². The highest BCUT2D eigenvalue weighted by Crippen LogP contribution is 2.46. The predicted octanol–water partition coefficient (Wildman–Crippen LogP) is 5.53. The SMILES string of the molecule is CCn1c(SC2(C(=O)Nc3ccc(C(C)C)cc3)CCCC2)nnc1-c1cccnc1. The van der Waals surface area contributed by atoms with Crippen molar-refractivity contribution in [2.24, 2.45) is 0 Å². The van der Waals surface area contributed by atoms with Gasteiger partial charge < -0.3 is 9.88 Å². The molecule has 1 amide bonds. The van der Waals surface area contributed by atoms with Crippen LogP contribution in [0.15, 0.2) is 53.9 Å². The summed E-state index contributed by atoms with van der Waals surface area (Å²) in [5.41, 5.74) is 3.04. The molecule has 0 saturated heterocycles. The second-order valence-electron chi connectivity index (χ2n) is 8.33. The Hall–Kier alpha value is -2.67. The summed E-state index contributed by atoms with van der Waals surface area (Å²) in [4.78, 5) is 17.6. The third-order valence-corrected chi connectivity index (χ3v) is 7.37. The molecular formula is C24H29N5OS. The minimum atomic E-state index is -0.525. The van der Waals surface area contributed by atoms with Crippen LogP contribution in [0.25, 0.3) is 11.4 Å². The van der Waals surface area contributed by atoms with Crippen LogP contribution in [0.1, 0.15) is 57.9 Å². The van der Waals surface area contributed by atoms with E-state index in [2.05, 4.69) is 58.0 Å². The van der Waals surface area contributed by atoms with E-state index in [0.29, 0.717) is 5.92 Å². The normalized spacial score (nSPS) is 15.4. The van der Waals surface area contributed by atoms with E-state index in [1.807, 2.05) is 24.3 Å². The van der Waals surface area contributed by atoms with Crippen LogP contribution in [-0.4, -0.2) is 30.4 Å². The fraction of sp³-hybridized carbons (Fsp3) is 0.417. The second-order valence-corrected chi connectivity index (χ2v) is 9.68. The van der Waals surface area contributed by atoms with E-state index >= 15 is 0 Å². The van der Waals surface area contributed by atoms with Gasteiger partial charge in [-0.3, -0.25) is 9.78 Å². The molecule has 1 aliphatic rings. The third-order valence-electron chi connectivity index (χ3n) is 5.90. The predicted molar refractivity (Wildman–Crippen MR) is 125 cm³/mol. The number of carbonyl (C=O) groups excluding carboxylic acids is 1. The molecule has 0 spiro atoms. The van der Waals surface area contributed by atoms with Gasteiger partial charge in [0.25, 0.3) is 0 Å². The van der Waals surface area contributed by atoms with Crippen LogP contribution in [0.5, 0.6) is 0 Å². The molecule has 0 aliphatic heterocycles. The molecule has 1 saturated carbocycles. The number of nitrogens with zero attached hydrogens (tertiary/aromatic N) is 4. The minimum absolute atomic E-state index is 0.0564. The van der Waals surface area contributed by atoms with Crippen molar-refractivity contribution < 1.29 is 4.79 Å². The van der Waals surface area contributed by atoms with E-state index in [4.69, 9.17) is 0 Å². The summed E-state index contributed by atoms with van der Waals surface area (Å²) in [5, 5.41) is 12.8. The topological polar surface area (TPSA) is 72.7 Å². The number of benzene rings is 1. The molecule has 0 unspecified atom stereocenters. The largest absolute Gasteiger partial charge is 0.325 e. The number of nitrogens with one attached hydrogen (secondary N) is 1. The maximum absolute atomic E-state index is 13.4. The number of amides is 1. The summed E-state index contributed by atoms with van der Waals surface area (Å²) in [6.07, 6.45) is 7.31. The zero-order chi connectivity index (χ0) is 21.8. The zero-order valence-corrected chi connectivity index (χ0v) is 19.2. The van der Waals surface area contributed by atoms with E-state index in [9.17, 15) is 4.79 Å². The first-order valence-electron chi connectivity index (χ1n) is 11.0. The quantitative estimate of drug-likeness (QED) is 0.528. The van der Waals surface area contributed by atoms with Crippen LogP contribution >= 0.6 is 11.8 Å². The fourth-order valence-electron chi connectivity index (χ4n) is 4.05. The van der Waals surface area contributed by atoms with Crippen molar-refractivity contribution in [3.8, 4) is 11.4 Å². The molecule has 162 valence electrons. The number of aromatic nitrogens is 4. The Bertz CT molecular complexity index is 1020. The summed E-state index contributed by atoms with van der Waals surface area (Å²) in [6, 6.07) is 12.0. The Morgan fingerprint density at radius 3 is 2.52 bits per heavy atom. The van der Waals surface area contributed by atoms with Crippen molar-refractivity contribution in [3.63, 3.8) is 0 Å². The molecule has 6 nitrogen and oxygen atoms in total. The van der Waals surface area contributed by atoms with Gasteiger partial charge in [0, 0.05) is 30.2 Å². The monoisotopic (exact) mass is 435 g/mol. The van der Waals surface area contributed by atoms with E-state index in [0.717, 1.165) is 54.5 Å². The third kappa shape index (κ3) is 4.51. The Morgan fingerprint density at radius 1 is 1.16 bits per heavy atom. The molecule has 1 aromatic carbocycles. The molecule has 1 fully saturated rings. The molecule has 1 aliphatic carbocycles. The number of thioether (sulfide) groups is 1. The molecule has 2 heterocycles. The van der Waals surface area contributed by atoms with Crippen molar-refractivity contribution in [2.45, 2.75) is 68.8 Å². The highest BCUT2D eigenvalue weighted by Gasteiger charge is 2.43. The number of anilines is 1. The molecule has 3 aromatic rings. The maximum atomic E-state index is 13.4. The highest BCUT2D eigenvalue weighted by molar-refractivity contribution is 8.01. The van der Waals surface area contributed by atoms with E-state index in [1.165, 1.54) is 5.56 Å². The Balaban J connectivity index is 1.57. The van der Waals surface area contributed by atoms with Crippen molar-refractivity contribution in [3.05, 3.63) is 54.4 Å². The Kier molecular flexibility index (Phi) is 6.41. The van der Waals surface area contributed by atoms with Gasteiger partial charge in [-0.2, -0.15) is 0 Å². The van der Waals surface area contributed by atoms with Gasteiger partial charge in [0.05, 0.1) is 0 Å². The highest BCUT2D eigenvalue weighted by atomic mass is 32.2. The molecule has 31 heavy (non-hydrogen) atoms. The number of carbonyl (C=O) groups is 1. The van der Waals surface area contributed by atoms with Gasteiger partial charge in [-0.05, 0) is 55.5 Å². The first kappa shape index (κ1) is 21.6. The molecule has 7 heteroatoms. The fourth-order valence-corrected chi connectivity index (χ4v) is 5.44. The summed E-state index contributed by atoms with van der Waals surface area (Å²) in [7, 11) is 0. The summed E-state index contributed by atoms with van der Waals surface area (Å²) < 4.78 is 1.55. The molecule has 0 radical (unpaired) electrons. The van der Waals surface area contributed by atoms with Gasteiger partial charge in [0.2, 0.25) is 5.91 Å². The first-order chi connectivity index (χ1) is 15.0. The van der Waals surface area contributed by atoms with Crippen molar-refractivity contribution in [1.82, 2.24) is 19.7 Å². The van der Waals surface area contributed by atoms with Crippen molar-refractivity contribution in [2.75, 3.05) is 5.32 Å². The maximum Gasteiger partial charge on any atom is 0.241 e. The van der Waals surface area contributed by atoms with Crippen LogP contribution in [0.4, 0.5) is 5.69 Å². The van der Waals surface area contributed by atoms with E-state index in [-0.39, 0.29) is 5.91 Å². The van der Waals surface area contributed by atoms with E-state index < -0.39 is 4.75 Å². The van der Waals surface area contributed by atoms with Gasteiger partial charge in [-0.1, -0.05) is 50.6 Å². The summed E-state index contributed by atoms with van der Waals surface area (Å²) in [6.45, 7) is 7.14. The lowest BCUT2D eigenvalue weighted by Gasteiger charge is -2.26. The number of rotatable bonds is 7. The van der Waals surface area contributed by atoms with E-state index in [1.54, 1.807) is 24.2 Å². The number of hydrogen-bond acceptors (Lipinski definition) is 5. The lowest BCUT2D eigenvalue weighted by Crippen LogP contribution is -2.37. The van der Waals surface area contributed by atoms with Crippen LogP contribution < -0.4 is 5.32 Å². The number of hydrogen-bond donors (Lipinski definition) is 1. The van der Waals surface area contributed by atoms with Crippen LogP contribution in [0, 0.1) is 0 Å². The summed E-state index contributed by atoms with van der Waals surface area (Å²) in [5.74, 6) is 1.31. The average molecular weight is 436 g/mol. The molecule has 0 atom stereocenters. The molecule has 1 N–H and O–H groups in total. The van der Waals surface area contributed by atoms with Crippen LogP contribution in [0.3, 0.4) is 0 Å². The lowest BCUT2D eigenvalue weighted by atomic mass is 10.0. The smallest absolute Gasteiger partial charge is 0.241 e. The second kappa shape index (κ2) is 9.22. The minimum Gasteiger partial charge on any atom is -0.325 e. The standard InChI is InChI=1S/C24H29N5OS/c1-4-29-21(19-8-7-15-25-16-19)27-28-23(29)31-24(13-5-6-14-24)22(30)26-20-11-9-18(10-12-20)17(2)3/h7-12,15-17H,4-6,13-14H2,1-3H3,(H,26,30). The van der Waals surface area contributed by atoms with Crippen molar-refractivity contribution >= 4 is 23.4 Å². The zero-order valence-electron chi connectivity index (χ0n) is 18.3. The van der Waals surface area contributed by atoms with Gasteiger partial charge in [-0.25, -0.2) is 0 Å². The molecule has 2 aromatic heterocycles. The number of pyridine rings is 1. The van der Waals surface area contributed by atoms with Gasteiger partial charge in [0.1, 0.15) is 4.75 Å². The molecule has 4 rings (SSSR count). The van der Waals surface area contributed by atoms with Crippen LogP contribution in [0.2, 0.25) is 0 Å². The first-order valence-corrected chi connectivity index (χ1v) is 11.8. The Labute approximate surface area is 187 Å². The van der Waals surface area contributed by atoms with Crippen molar-refractivity contribution in [1.29, 1.82) is 0 Å². The average Bonchev–Trinajstić information content (AvgIpc) is 3.42. The van der Waals surface area contributed by atoms with Gasteiger partial charge >= 0.3 is 0 Å². The molecular weight excluding hydrogens is 406 g/mol. The van der Waals surface area contributed by atoms with Gasteiger partial charge in [-0.15, -0.1) is 10.2 Å². The molecule has 0 bridgehead atoms. The van der Waals surface area contributed by atoms with Gasteiger partial charge in [0.15, 0.2) is 11.0 Å². The summed E-state index contributed by atoms with van der Waals surface area (Å²) >= 11 is 1.56. The lowest BCUT2D eigenvalue weighted by molar-refractivity contribution is -0.118.